The molecule has 0 bridgehead atoms. The number of carbonyl (C=O) groups excluding carboxylic acids is 1. The van der Waals surface area contributed by atoms with E-state index >= 15 is 0 Å². The first-order valence-electron chi connectivity index (χ1n) is 10.3. The van der Waals surface area contributed by atoms with Crippen LogP contribution in [0.4, 0.5) is 0 Å². The summed E-state index contributed by atoms with van der Waals surface area (Å²) in [5.41, 5.74) is 3.02. The van der Waals surface area contributed by atoms with Crippen LogP contribution in [-0.2, 0) is 0 Å². The van der Waals surface area contributed by atoms with Gasteiger partial charge in [0.05, 0.1) is 18.3 Å². The predicted molar refractivity (Wildman–Crippen MR) is 132 cm³/mol. The van der Waals surface area contributed by atoms with Crippen molar-refractivity contribution in [2.24, 2.45) is 0 Å². The number of nitrogens with zero attached hydrogens (tertiary/aromatic N) is 2. The van der Waals surface area contributed by atoms with Crippen LogP contribution in [0.25, 0.3) is 22.2 Å². The summed E-state index contributed by atoms with van der Waals surface area (Å²) in [4.78, 5) is 15.8. The van der Waals surface area contributed by atoms with Gasteiger partial charge in [0.25, 0.3) is 5.91 Å². The molecule has 1 heterocycles. The van der Waals surface area contributed by atoms with E-state index in [1.807, 2.05) is 86.9 Å². The number of hydrogen-bond donors (Lipinski definition) is 0. The Morgan fingerprint density at radius 2 is 1.72 bits per heavy atom. The summed E-state index contributed by atoms with van der Waals surface area (Å²) in [7, 11) is 5.64. The third kappa shape index (κ3) is 4.42. The molecule has 0 fully saturated rings. The second-order valence-corrected chi connectivity index (χ2v) is 8.64. The summed E-state index contributed by atoms with van der Waals surface area (Å²) in [6.07, 6.45) is 0. The molecule has 0 saturated heterocycles. The summed E-state index contributed by atoms with van der Waals surface area (Å²) in [6, 6.07) is 23.0. The highest BCUT2D eigenvalue weighted by molar-refractivity contribution is 9.10. The number of fused-ring (bicyclic) bond motifs is 1. The Morgan fingerprint density at radius 3 is 2.38 bits per heavy atom. The molecule has 0 saturated carbocycles. The zero-order valence-corrected chi connectivity index (χ0v) is 19.9. The molecule has 164 valence electrons. The van der Waals surface area contributed by atoms with Gasteiger partial charge in [-0.3, -0.25) is 9.36 Å². The van der Waals surface area contributed by atoms with Crippen molar-refractivity contribution < 1.29 is 14.3 Å². The van der Waals surface area contributed by atoms with Crippen molar-refractivity contribution in [2.45, 2.75) is 0 Å². The molecular formula is C26H25BrN2O3. The van der Waals surface area contributed by atoms with Crippen LogP contribution in [0.2, 0.25) is 0 Å². The average molecular weight is 493 g/mol. The minimum absolute atomic E-state index is 0.117. The zero-order valence-electron chi connectivity index (χ0n) is 18.3. The van der Waals surface area contributed by atoms with Gasteiger partial charge in [0, 0.05) is 27.5 Å². The predicted octanol–water partition coefficient (Wildman–Crippen LogP) is 5.71. The van der Waals surface area contributed by atoms with E-state index in [0.717, 1.165) is 33.2 Å². The first kappa shape index (κ1) is 22.1. The van der Waals surface area contributed by atoms with Crippen molar-refractivity contribution in [3.05, 3.63) is 82.8 Å². The Kier molecular flexibility index (Phi) is 6.63. The molecular weight excluding hydrogens is 468 g/mol. The second-order valence-electron chi connectivity index (χ2n) is 7.73. The van der Waals surface area contributed by atoms with Gasteiger partial charge in [-0.25, -0.2) is 0 Å². The molecule has 0 radical (unpaired) electrons. The van der Waals surface area contributed by atoms with E-state index in [2.05, 4.69) is 20.8 Å². The van der Waals surface area contributed by atoms with Gasteiger partial charge in [0.2, 0.25) is 0 Å². The van der Waals surface area contributed by atoms with Crippen molar-refractivity contribution >= 4 is 32.7 Å². The van der Waals surface area contributed by atoms with Crippen molar-refractivity contribution in [1.29, 1.82) is 0 Å². The van der Waals surface area contributed by atoms with Crippen molar-refractivity contribution in [1.82, 2.24) is 9.47 Å². The molecule has 0 amide bonds. The summed E-state index contributed by atoms with van der Waals surface area (Å²) in [6.45, 7) is 1.25. The number of carbonyl (C=O) groups is 1. The Morgan fingerprint density at radius 1 is 1.00 bits per heavy atom. The topological polar surface area (TPSA) is 43.7 Å². The number of halogens is 1. The third-order valence-electron chi connectivity index (χ3n) is 5.25. The monoisotopic (exact) mass is 492 g/mol. The van der Waals surface area contributed by atoms with Gasteiger partial charge >= 0.3 is 0 Å². The van der Waals surface area contributed by atoms with E-state index in [0.29, 0.717) is 23.7 Å². The van der Waals surface area contributed by atoms with Crippen LogP contribution in [0.5, 0.6) is 11.5 Å². The zero-order chi connectivity index (χ0) is 22.7. The lowest BCUT2D eigenvalue weighted by molar-refractivity contribution is 0.0966. The van der Waals surface area contributed by atoms with Gasteiger partial charge in [-0.15, -0.1) is 0 Å². The minimum Gasteiger partial charge on any atom is -0.497 e. The number of ether oxygens (including phenoxy) is 2. The lowest BCUT2D eigenvalue weighted by atomic mass is 10.1. The van der Waals surface area contributed by atoms with Crippen LogP contribution in [0.3, 0.4) is 0 Å². The summed E-state index contributed by atoms with van der Waals surface area (Å²) >= 11 is 3.45. The first-order valence-corrected chi connectivity index (χ1v) is 11.1. The first-order chi connectivity index (χ1) is 15.5. The van der Waals surface area contributed by atoms with Crippen molar-refractivity contribution in [3.63, 3.8) is 0 Å². The minimum atomic E-state index is -0.117. The molecule has 5 nitrogen and oxygen atoms in total. The van der Waals surface area contributed by atoms with Gasteiger partial charge in [0.15, 0.2) is 5.75 Å². The standard InChI is InChI=1S/C26H25BrN2O3/c1-28(2)15-16-32-25-22-17-21(31-3)13-14-23(22)29(24(25)18-7-5-4-6-8-18)26(30)19-9-11-20(27)12-10-19/h4-14,17H,15-16H2,1-3H3. The number of rotatable bonds is 7. The van der Waals surface area contributed by atoms with E-state index < -0.39 is 0 Å². The molecule has 0 aliphatic carbocycles. The van der Waals surface area contributed by atoms with Gasteiger partial charge in [-0.2, -0.15) is 0 Å². The molecule has 0 unspecified atom stereocenters. The number of methoxy groups -OCH3 is 1. The molecule has 0 aliphatic rings. The molecule has 1 aromatic heterocycles. The molecule has 0 aliphatic heterocycles. The highest BCUT2D eigenvalue weighted by Crippen LogP contribution is 2.42. The van der Waals surface area contributed by atoms with Crippen LogP contribution in [0.15, 0.2) is 77.3 Å². The lowest BCUT2D eigenvalue weighted by Crippen LogP contribution is -2.19. The van der Waals surface area contributed by atoms with Gasteiger partial charge < -0.3 is 14.4 Å². The van der Waals surface area contributed by atoms with E-state index in [1.54, 1.807) is 11.7 Å². The maximum absolute atomic E-state index is 13.8. The number of likely N-dealkylation sites (N-methyl/N-ethyl adjacent to an activating group) is 1. The largest absolute Gasteiger partial charge is 0.497 e. The van der Waals surface area contributed by atoms with Gasteiger partial charge in [0.1, 0.15) is 12.4 Å². The molecule has 4 rings (SSSR count). The number of aromatic nitrogens is 1. The highest BCUT2D eigenvalue weighted by atomic mass is 79.9. The molecule has 32 heavy (non-hydrogen) atoms. The lowest BCUT2D eigenvalue weighted by Gasteiger charge is -2.14. The Balaban J connectivity index is 1.98. The normalized spacial score (nSPS) is 11.2. The maximum atomic E-state index is 13.8. The molecule has 6 heteroatoms. The van der Waals surface area contributed by atoms with Gasteiger partial charge in [-0.1, -0.05) is 46.3 Å². The van der Waals surface area contributed by atoms with E-state index in [-0.39, 0.29) is 5.91 Å². The third-order valence-corrected chi connectivity index (χ3v) is 5.78. The second kappa shape index (κ2) is 9.59. The maximum Gasteiger partial charge on any atom is 0.262 e. The molecule has 0 spiro atoms. The summed E-state index contributed by atoms with van der Waals surface area (Å²) < 4.78 is 14.5. The molecule has 0 atom stereocenters. The van der Waals surface area contributed by atoms with E-state index in [1.165, 1.54) is 0 Å². The fourth-order valence-corrected chi connectivity index (χ4v) is 3.90. The summed E-state index contributed by atoms with van der Waals surface area (Å²) in [5.74, 6) is 1.27. The quantitative estimate of drug-likeness (QED) is 0.331. The number of hydrogen-bond acceptors (Lipinski definition) is 4. The van der Waals surface area contributed by atoms with Crippen LogP contribution >= 0.6 is 15.9 Å². The Hall–Kier alpha value is -3.09. The summed E-state index contributed by atoms with van der Waals surface area (Å²) in [5, 5.41) is 0.840. The Labute approximate surface area is 196 Å². The fourth-order valence-electron chi connectivity index (χ4n) is 3.63. The van der Waals surface area contributed by atoms with Crippen LogP contribution < -0.4 is 9.47 Å². The van der Waals surface area contributed by atoms with E-state index in [9.17, 15) is 4.79 Å². The van der Waals surface area contributed by atoms with Crippen molar-refractivity contribution in [3.8, 4) is 22.8 Å². The average Bonchev–Trinajstić information content (AvgIpc) is 3.13. The van der Waals surface area contributed by atoms with Crippen LogP contribution in [-0.4, -0.2) is 49.7 Å². The van der Waals surface area contributed by atoms with Crippen LogP contribution in [0.1, 0.15) is 10.4 Å². The van der Waals surface area contributed by atoms with Crippen molar-refractivity contribution in [2.75, 3.05) is 34.4 Å². The highest BCUT2D eigenvalue weighted by Gasteiger charge is 2.25. The number of benzene rings is 3. The van der Waals surface area contributed by atoms with E-state index in [4.69, 9.17) is 9.47 Å². The fraction of sp³-hybridized carbons (Fsp3) is 0.192. The molecule has 3 aromatic carbocycles. The Bertz CT molecular complexity index is 1230. The molecule has 4 aromatic rings. The smallest absolute Gasteiger partial charge is 0.262 e. The van der Waals surface area contributed by atoms with Crippen LogP contribution in [0, 0.1) is 0 Å². The molecule has 0 N–H and O–H groups in total. The van der Waals surface area contributed by atoms with Gasteiger partial charge in [-0.05, 0) is 56.6 Å². The SMILES string of the molecule is COc1ccc2c(c1)c(OCCN(C)C)c(-c1ccccc1)n2C(=O)c1ccc(Br)cc1.